The van der Waals surface area contributed by atoms with Crippen molar-refractivity contribution in [1.82, 2.24) is 9.55 Å². The summed E-state index contributed by atoms with van der Waals surface area (Å²) in [5.74, 6) is -0.0739. The van der Waals surface area contributed by atoms with Gasteiger partial charge < -0.3 is 9.55 Å². The maximum Gasteiger partial charge on any atom is 0.253 e. The number of hydrogen-bond donors (Lipinski definition) is 1. The van der Waals surface area contributed by atoms with Gasteiger partial charge in [-0.05, 0) is 19.1 Å². The second-order valence-electron chi connectivity index (χ2n) is 4.80. The highest BCUT2D eigenvalue weighted by Gasteiger charge is 2.13. The molecule has 3 aromatic rings. The summed E-state index contributed by atoms with van der Waals surface area (Å²) in [7, 11) is 0. The van der Waals surface area contributed by atoms with Gasteiger partial charge in [0.2, 0.25) is 0 Å². The Bertz CT molecular complexity index is 843. The van der Waals surface area contributed by atoms with Crippen LogP contribution in [0.15, 0.2) is 53.6 Å². The molecule has 1 N–H and O–H groups in total. The van der Waals surface area contributed by atoms with Crippen molar-refractivity contribution in [3.63, 3.8) is 0 Å². The molecule has 0 unspecified atom stereocenters. The molecule has 0 aliphatic carbocycles. The predicted molar refractivity (Wildman–Crippen MR) is 78.1 cm³/mol. The monoisotopic (exact) mass is 266 g/mol. The number of fused-ring (bicyclic) bond motifs is 1. The van der Waals surface area contributed by atoms with Crippen LogP contribution in [0.4, 0.5) is 0 Å². The van der Waals surface area contributed by atoms with Crippen LogP contribution in [0.5, 0.6) is 0 Å². The summed E-state index contributed by atoms with van der Waals surface area (Å²) in [5, 5.41) is 0.887. The van der Waals surface area contributed by atoms with Gasteiger partial charge in [0.1, 0.15) is 0 Å². The van der Waals surface area contributed by atoms with Gasteiger partial charge in [0.15, 0.2) is 5.78 Å². The van der Waals surface area contributed by atoms with Gasteiger partial charge in [-0.1, -0.05) is 24.3 Å². The van der Waals surface area contributed by atoms with Crippen LogP contribution in [0.2, 0.25) is 0 Å². The average molecular weight is 266 g/mol. The first-order chi connectivity index (χ1) is 9.66. The maximum atomic E-state index is 12.4. The Morgan fingerprint density at radius 2 is 2.00 bits per heavy atom. The van der Waals surface area contributed by atoms with Gasteiger partial charge in [0, 0.05) is 34.4 Å². The van der Waals surface area contributed by atoms with E-state index in [4.69, 9.17) is 0 Å². The molecular weight excluding hydrogens is 252 g/mol. The molecule has 0 fully saturated rings. The number of hydrogen-bond acceptors (Lipinski definition) is 2. The van der Waals surface area contributed by atoms with E-state index in [-0.39, 0.29) is 17.9 Å². The molecule has 1 aromatic carbocycles. The molecule has 3 rings (SSSR count). The number of nitrogens with one attached hydrogen (secondary N) is 1. The normalized spacial score (nSPS) is 10.8. The fourth-order valence-corrected chi connectivity index (χ4v) is 2.32. The van der Waals surface area contributed by atoms with Crippen LogP contribution in [-0.4, -0.2) is 15.3 Å². The van der Waals surface area contributed by atoms with E-state index < -0.39 is 0 Å². The molecule has 0 saturated carbocycles. The summed E-state index contributed by atoms with van der Waals surface area (Å²) in [6, 6.07) is 11.2. The smallest absolute Gasteiger partial charge is 0.253 e. The van der Waals surface area contributed by atoms with E-state index in [2.05, 4.69) is 4.98 Å². The van der Waals surface area contributed by atoms with Crippen LogP contribution in [0.25, 0.3) is 10.9 Å². The highest BCUT2D eigenvalue weighted by Crippen LogP contribution is 2.18. The topological polar surface area (TPSA) is 54.9 Å². The van der Waals surface area contributed by atoms with Crippen LogP contribution in [0, 0.1) is 6.92 Å². The second kappa shape index (κ2) is 4.81. The van der Waals surface area contributed by atoms with Gasteiger partial charge >= 0.3 is 0 Å². The summed E-state index contributed by atoms with van der Waals surface area (Å²) in [6.07, 6.45) is 3.34. The lowest BCUT2D eigenvalue weighted by Gasteiger charge is -2.05. The second-order valence-corrected chi connectivity index (χ2v) is 4.80. The summed E-state index contributed by atoms with van der Waals surface area (Å²) in [6.45, 7) is 1.80. The van der Waals surface area contributed by atoms with Crippen LogP contribution in [-0.2, 0) is 6.54 Å². The number of ketones is 1. The molecule has 0 radical (unpaired) electrons. The van der Waals surface area contributed by atoms with Crippen LogP contribution >= 0.6 is 0 Å². The van der Waals surface area contributed by atoms with E-state index >= 15 is 0 Å². The van der Waals surface area contributed by atoms with E-state index in [9.17, 15) is 9.59 Å². The quantitative estimate of drug-likeness (QED) is 0.741. The number of aryl methyl sites for hydroxylation is 1. The van der Waals surface area contributed by atoms with Gasteiger partial charge in [-0.25, -0.2) is 0 Å². The van der Waals surface area contributed by atoms with E-state index in [1.165, 1.54) is 4.57 Å². The molecule has 4 heteroatoms. The van der Waals surface area contributed by atoms with Gasteiger partial charge in [0.25, 0.3) is 5.56 Å². The Balaban J connectivity index is 1.97. The number of carbonyl (C=O) groups excluding carboxylic acids is 1. The number of aromatic amines is 1. The molecular formula is C16H14N2O2. The maximum absolute atomic E-state index is 12.4. The molecule has 0 aliphatic rings. The van der Waals surface area contributed by atoms with E-state index in [0.29, 0.717) is 11.1 Å². The molecule has 0 spiro atoms. The van der Waals surface area contributed by atoms with Crippen molar-refractivity contribution in [3.8, 4) is 0 Å². The van der Waals surface area contributed by atoms with Crippen molar-refractivity contribution in [1.29, 1.82) is 0 Å². The molecule has 4 nitrogen and oxygen atoms in total. The third-order valence-electron chi connectivity index (χ3n) is 3.41. The first-order valence-electron chi connectivity index (χ1n) is 6.42. The lowest BCUT2D eigenvalue weighted by molar-refractivity contribution is 0.0972. The number of carbonyl (C=O) groups is 1. The fourth-order valence-electron chi connectivity index (χ4n) is 2.32. The zero-order valence-corrected chi connectivity index (χ0v) is 11.1. The molecule has 100 valence electrons. The van der Waals surface area contributed by atoms with Crippen LogP contribution in [0.1, 0.15) is 15.9 Å². The number of benzene rings is 1. The Morgan fingerprint density at radius 1 is 1.20 bits per heavy atom. The molecule has 0 atom stereocenters. The lowest BCUT2D eigenvalue weighted by atomic mass is 10.1. The van der Waals surface area contributed by atoms with Crippen molar-refractivity contribution in [2.45, 2.75) is 13.5 Å². The van der Waals surface area contributed by atoms with Crippen molar-refractivity contribution >= 4 is 16.7 Å². The van der Waals surface area contributed by atoms with Crippen LogP contribution in [0.3, 0.4) is 0 Å². The van der Waals surface area contributed by atoms with Crippen molar-refractivity contribution < 1.29 is 4.79 Å². The molecule has 0 bridgehead atoms. The fraction of sp³-hybridized carbons (Fsp3) is 0.125. The molecule has 0 amide bonds. The Hall–Kier alpha value is -2.62. The van der Waals surface area contributed by atoms with Gasteiger partial charge in [-0.2, -0.15) is 0 Å². The molecule has 2 heterocycles. The first-order valence-corrected chi connectivity index (χ1v) is 6.42. The SMILES string of the molecule is Cc1cccn(CC(=O)c2c[nH]c3ccccc23)c1=O. The Kier molecular flexibility index (Phi) is 2.99. The van der Waals surface area contributed by atoms with Crippen molar-refractivity contribution in [2.24, 2.45) is 0 Å². The van der Waals surface area contributed by atoms with Gasteiger partial charge in [-0.15, -0.1) is 0 Å². The predicted octanol–water partition coefficient (Wildman–Crippen LogP) is 2.52. The first kappa shape index (κ1) is 12.4. The minimum absolute atomic E-state index is 0.0579. The van der Waals surface area contributed by atoms with Crippen LogP contribution < -0.4 is 5.56 Å². The minimum Gasteiger partial charge on any atom is -0.360 e. The van der Waals surface area contributed by atoms with E-state index in [0.717, 1.165) is 10.9 Å². The lowest BCUT2D eigenvalue weighted by Crippen LogP contribution is -2.25. The largest absolute Gasteiger partial charge is 0.360 e. The third-order valence-corrected chi connectivity index (χ3v) is 3.41. The molecule has 0 saturated heterocycles. The number of aromatic nitrogens is 2. The van der Waals surface area contributed by atoms with Crippen molar-refractivity contribution in [3.05, 3.63) is 70.3 Å². The van der Waals surface area contributed by atoms with Gasteiger partial charge in [-0.3, -0.25) is 9.59 Å². The number of Topliss-reactive ketones (excluding diaryl/α,β-unsaturated/α-hetero) is 1. The van der Waals surface area contributed by atoms with E-state index in [1.807, 2.05) is 24.3 Å². The standard InChI is InChI=1S/C16H14N2O2/c1-11-5-4-8-18(16(11)20)10-15(19)13-9-17-14-7-3-2-6-12(13)14/h2-9,17H,10H2,1H3. The number of pyridine rings is 1. The number of rotatable bonds is 3. The Labute approximate surface area is 115 Å². The summed E-state index contributed by atoms with van der Waals surface area (Å²) < 4.78 is 1.44. The summed E-state index contributed by atoms with van der Waals surface area (Å²) in [5.41, 5.74) is 2.06. The highest BCUT2D eigenvalue weighted by molar-refractivity contribution is 6.07. The summed E-state index contributed by atoms with van der Waals surface area (Å²) >= 11 is 0. The zero-order chi connectivity index (χ0) is 14.1. The third kappa shape index (κ3) is 2.05. The number of H-pyrrole nitrogens is 1. The molecule has 0 aliphatic heterocycles. The van der Waals surface area contributed by atoms with E-state index in [1.54, 1.807) is 31.5 Å². The van der Waals surface area contributed by atoms with Gasteiger partial charge in [0.05, 0.1) is 6.54 Å². The number of nitrogens with zero attached hydrogens (tertiary/aromatic N) is 1. The minimum atomic E-state index is -0.124. The van der Waals surface area contributed by atoms with Crippen molar-refractivity contribution in [2.75, 3.05) is 0 Å². The summed E-state index contributed by atoms with van der Waals surface area (Å²) in [4.78, 5) is 27.4. The highest BCUT2D eigenvalue weighted by atomic mass is 16.1. The molecule has 20 heavy (non-hydrogen) atoms. The number of para-hydroxylation sites is 1. The zero-order valence-electron chi connectivity index (χ0n) is 11.1. The Morgan fingerprint density at radius 3 is 2.85 bits per heavy atom. The molecule has 2 aromatic heterocycles. The average Bonchev–Trinajstić information content (AvgIpc) is 2.88.